The largest absolute Gasteiger partial charge is 0.508 e. The molecule has 1 N–H and O–H groups in total. The molecule has 0 aliphatic carbocycles. The van der Waals surface area contributed by atoms with Crippen LogP contribution in [0.5, 0.6) is 11.5 Å². The lowest BCUT2D eigenvalue weighted by Crippen LogP contribution is -2.27. The summed E-state index contributed by atoms with van der Waals surface area (Å²) in [5.74, 6) is 0.498. The molecule has 2 aromatic carbocycles. The number of rotatable bonds is 3. The van der Waals surface area contributed by atoms with Gasteiger partial charge in [-0.2, -0.15) is 0 Å². The normalized spacial score (nSPS) is 16.1. The van der Waals surface area contributed by atoms with E-state index in [1.807, 2.05) is 0 Å². The number of hydrogen-bond donors (Lipinski definition) is 1. The molecule has 1 aliphatic rings. The first-order valence-electron chi connectivity index (χ1n) is 6.90. The monoisotopic (exact) mass is 377 g/mol. The Morgan fingerprint density at radius 2 is 1.96 bits per heavy atom. The quantitative estimate of drug-likeness (QED) is 0.632. The molecule has 0 radical (unpaired) electrons. The Bertz CT molecular complexity index is 849. The molecule has 4 nitrogen and oxygen atoms in total. The number of benzene rings is 2. The molecule has 3 rings (SSSR count). The van der Waals surface area contributed by atoms with E-state index in [2.05, 4.69) is 0 Å². The van der Waals surface area contributed by atoms with Crippen LogP contribution in [0.15, 0.2) is 47.4 Å². The zero-order valence-corrected chi connectivity index (χ0v) is 14.9. The number of nitrogens with zero attached hydrogens (tertiary/aromatic N) is 1. The van der Waals surface area contributed by atoms with E-state index >= 15 is 0 Å². The molecule has 122 valence electrons. The smallest absolute Gasteiger partial charge is 0.270 e. The number of amides is 1. The molecule has 2 aromatic rings. The topological polar surface area (TPSA) is 49.8 Å². The minimum Gasteiger partial charge on any atom is -0.508 e. The summed E-state index contributed by atoms with van der Waals surface area (Å²) in [6, 6.07) is 11.7. The molecular formula is C17H12ClNO3S2. The van der Waals surface area contributed by atoms with Crippen LogP contribution in [0.4, 0.5) is 5.69 Å². The van der Waals surface area contributed by atoms with Crippen LogP contribution >= 0.6 is 35.6 Å². The molecule has 0 atom stereocenters. The number of anilines is 1. The molecule has 24 heavy (non-hydrogen) atoms. The van der Waals surface area contributed by atoms with Crippen molar-refractivity contribution < 1.29 is 14.6 Å². The van der Waals surface area contributed by atoms with Crippen molar-refractivity contribution in [2.75, 3.05) is 12.0 Å². The summed E-state index contributed by atoms with van der Waals surface area (Å²) in [7, 11) is 1.53. The van der Waals surface area contributed by atoms with E-state index in [4.69, 9.17) is 28.6 Å². The summed E-state index contributed by atoms with van der Waals surface area (Å²) in [6.07, 6.45) is 1.74. The highest BCUT2D eigenvalue weighted by molar-refractivity contribution is 8.27. The summed E-state index contributed by atoms with van der Waals surface area (Å²) in [6.45, 7) is 0. The first-order chi connectivity index (χ1) is 11.5. The number of thiocarbonyl (C=S) groups is 1. The zero-order valence-electron chi connectivity index (χ0n) is 12.5. The second kappa shape index (κ2) is 6.84. The summed E-state index contributed by atoms with van der Waals surface area (Å²) in [4.78, 5) is 14.6. The van der Waals surface area contributed by atoms with E-state index < -0.39 is 0 Å². The molecule has 7 heteroatoms. The van der Waals surface area contributed by atoms with Gasteiger partial charge in [-0.05, 0) is 42.0 Å². The first kappa shape index (κ1) is 16.8. The fraction of sp³-hybridized carbons (Fsp3) is 0.0588. The molecule has 0 bridgehead atoms. The van der Waals surface area contributed by atoms with Crippen LogP contribution in [0, 0.1) is 0 Å². The van der Waals surface area contributed by atoms with Crippen molar-refractivity contribution in [3.63, 3.8) is 0 Å². The van der Waals surface area contributed by atoms with Crippen molar-refractivity contribution in [1.29, 1.82) is 0 Å². The summed E-state index contributed by atoms with van der Waals surface area (Å²) in [5.41, 5.74) is 1.40. The number of aromatic hydroxyl groups is 1. The van der Waals surface area contributed by atoms with Crippen molar-refractivity contribution in [1.82, 2.24) is 0 Å². The highest BCUT2D eigenvalue weighted by Crippen LogP contribution is 2.38. The van der Waals surface area contributed by atoms with Gasteiger partial charge in [-0.25, -0.2) is 0 Å². The van der Waals surface area contributed by atoms with Crippen LogP contribution in [0.25, 0.3) is 6.08 Å². The number of carbonyl (C=O) groups excluding carboxylic acids is 1. The number of methoxy groups -OCH3 is 1. The number of thioether (sulfide) groups is 1. The van der Waals surface area contributed by atoms with Gasteiger partial charge in [0.05, 0.1) is 22.7 Å². The van der Waals surface area contributed by atoms with Crippen molar-refractivity contribution in [3.8, 4) is 11.5 Å². The minimum absolute atomic E-state index is 0.174. The van der Waals surface area contributed by atoms with Gasteiger partial charge in [0.2, 0.25) is 0 Å². The molecule has 1 heterocycles. The molecule has 0 aromatic heterocycles. The molecule has 1 amide bonds. The Morgan fingerprint density at radius 1 is 1.25 bits per heavy atom. The maximum Gasteiger partial charge on any atom is 0.270 e. The number of phenolic OH excluding ortho intramolecular Hbond substituents is 1. The Labute approximate surface area is 153 Å². The lowest BCUT2D eigenvalue weighted by atomic mass is 10.2. The van der Waals surface area contributed by atoms with Gasteiger partial charge in [-0.15, -0.1) is 0 Å². The van der Waals surface area contributed by atoms with E-state index in [9.17, 15) is 9.90 Å². The third kappa shape index (κ3) is 3.26. The Balaban J connectivity index is 1.91. The maximum absolute atomic E-state index is 12.7. The van der Waals surface area contributed by atoms with E-state index in [0.717, 1.165) is 5.56 Å². The second-order valence-electron chi connectivity index (χ2n) is 4.93. The lowest BCUT2D eigenvalue weighted by Gasteiger charge is -2.15. The van der Waals surface area contributed by atoms with Crippen molar-refractivity contribution >= 4 is 57.6 Å². The molecule has 1 aliphatic heterocycles. The van der Waals surface area contributed by atoms with Crippen molar-refractivity contribution in [3.05, 3.63) is 58.0 Å². The van der Waals surface area contributed by atoms with E-state index in [-0.39, 0.29) is 11.7 Å². The average molecular weight is 378 g/mol. The molecular weight excluding hydrogens is 366 g/mol. The fourth-order valence-electron chi connectivity index (χ4n) is 2.21. The van der Waals surface area contributed by atoms with Gasteiger partial charge < -0.3 is 9.84 Å². The molecule has 0 unspecified atom stereocenters. The molecule has 1 saturated heterocycles. The predicted molar refractivity (Wildman–Crippen MR) is 102 cm³/mol. The summed E-state index contributed by atoms with van der Waals surface area (Å²) < 4.78 is 5.56. The van der Waals surface area contributed by atoms with Crippen LogP contribution < -0.4 is 9.64 Å². The highest BCUT2D eigenvalue weighted by atomic mass is 35.5. The number of hydrogen-bond acceptors (Lipinski definition) is 5. The Morgan fingerprint density at radius 3 is 2.58 bits per heavy atom. The number of phenols is 1. The predicted octanol–water partition coefficient (Wildman–Crippen LogP) is 4.46. The van der Waals surface area contributed by atoms with Gasteiger partial charge >= 0.3 is 0 Å². The number of carbonyl (C=O) groups is 1. The highest BCUT2D eigenvalue weighted by Gasteiger charge is 2.33. The van der Waals surface area contributed by atoms with Gasteiger partial charge in [0.25, 0.3) is 5.91 Å². The number of ether oxygens (including phenoxy) is 1. The molecule has 0 saturated carbocycles. The fourth-order valence-corrected chi connectivity index (χ4v) is 3.76. The van der Waals surface area contributed by atoms with Gasteiger partial charge in [0, 0.05) is 0 Å². The zero-order chi connectivity index (χ0) is 17.3. The van der Waals surface area contributed by atoms with Crippen LogP contribution in [0.3, 0.4) is 0 Å². The Kier molecular flexibility index (Phi) is 4.80. The van der Waals surface area contributed by atoms with E-state index in [1.54, 1.807) is 48.5 Å². The average Bonchev–Trinajstić information content (AvgIpc) is 2.83. The standard InChI is InChI=1S/C17H12ClNO3S2/c1-22-14-7-4-11(9-13(14)18)19-16(21)15(24-17(19)23)8-10-2-5-12(20)6-3-10/h2-9,20H,1H3/b15-8-. The summed E-state index contributed by atoms with van der Waals surface area (Å²) in [5, 5.41) is 9.74. The van der Waals surface area contributed by atoms with Crippen LogP contribution in [0.2, 0.25) is 5.02 Å². The van der Waals surface area contributed by atoms with E-state index in [1.165, 1.54) is 23.8 Å². The van der Waals surface area contributed by atoms with Crippen molar-refractivity contribution in [2.24, 2.45) is 0 Å². The summed E-state index contributed by atoms with van der Waals surface area (Å²) >= 11 is 12.7. The number of halogens is 1. The van der Waals surface area contributed by atoms with Gasteiger partial charge in [0.1, 0.15) is 11.5 Å². The SMILES string of the molecule is COc1ccc(N2C(=O)/C(=C/c3ccc(O)cc3)SC2=S)cc1Cl. The van der Waals surface area contributed by atoms with Gasteiger partial charge in [-0.3, -0.25) is 9.69 Å². The van der Waals surface area contributed by atoms with E-state index in [0.29, 0.717) is 25.7 Å². The Hall–Kier alpha value is -2.02. The van der Waals surface area contributed by atoms with Crippen LogP contribution in [0.1, 0.15) is 5.56 Å². The third-order valence-electron chi connectivity index (χ3n) is 3.38. The molecule has 0 spiro atoms. The van der Waals surface area contributed by atoms with Crippen molar-refractivity contribution in [2.45, 2.75) is 0 Å². The maximum atomic E-state index is 12.7. The first-order valence-corrected chi connectivity index (χ1v) is 8.50. The molecule has 1 fully saturated rings. The second-order valence-corrected chi connectivity index (χ2v) is 7.01. The van der Waals surface area contributed by atoms with Gasteiger partial charge in [0.15, 0.2) is 4.32 Å². The third-order valence-corrected chi connectivity index (χ3v) is 4.98. The lowest BCUT2D eigenvalue weighted by molar-refractivity contribution is -0.113. The van der Waals surface area contributed by atoms with Crippen LogP contribution in [-0.4, -0.2) is 22.4 Å². The van der Waals surface area contributed by atoms with Gasteiger partial charge in [-0.1, -0.05) is 47.7 Å². The minimum atomic E-state index is -0.209. The van der Waals surface area contributed by atoms with Crippen LogP contribution in [-0.2, 0) is 4.79 Å².